The molecule has 0 amide bonds. The van der Waals surface area contributed by atoms with Crippen molar-refractivity contribution in [1.82, 2.24) is 0 Å². The summed E-state index contributed by atoms with van der Waals surface area (Å²) in [5.74, 6) is 0. The van der Waals surface area contributed by atoms with Crippen LogP contribution in [0.2, 0.25) is 0 Å². The van der Waals surface area contributed by atoms with Crippen molar-refractivity contribution in [3.63, 3.8) is 0 Å². The Balaban J connectivity index is 2.64. The molecule has 2 aromatic carbocycles. The molecule has 0 N–H and O–H groups in total. The Hall–Kier alpha value is -3.69. The fraction of sp³-hybridized carbons (Fsp3) is 0.0714. The number of nitro benzene ring substituents is 3. The zero-order valence-corrected chi connectivity index (χ0v) is 12.3. The largest absolute Gasteiger partial charge is 0.291 e. The Morgan fingerprint density at radius 1 is 0.917 bits per heavy atom. The fourth-order valence-electron chi connectivity index (χ4n) is 2.00. The van der Waals surface area contributed by atoms with Crippen molar-refractivity contribution >= 4 is 29.0 Å². The molecule has 0 aliphatic carbocycles. The van der Waals surface area contributed by atoms with Crippen LogP contribution in [-0.2, 0) is 0 Å². The van der Waals surface area contributed by atoms with E-state index >= 15 is 0 Å². The van der Waals surface area contributed by atoms with Gasteiger partial charge in [-0.1, -0.05) is 12.1 Å². The van der Waals surface area contributed by atoms with Crippen molar-refractivity contribution in [3.8, 4) is 0 Å². The molecule has 0 fully saturated rings. The van der Waals surface area contributed by atoms with E-state index in [2.05, 4.69) is 4.99 Å². The Kier molecular flexibility index (Phi) is 4.59. The Bertz CT molecular complexity index is 842. The lowest BCUT2D eigenvalue weighted by Crippen LogP contribution is -2.02. The topological polar surface area (TPSA) is 142 Å². The van der Waals surface area contributed by atoms with Crippen LogP contribution in [0.4, 0.5) is 22.7 Å². The maximum Gasteiger partial charge on any atom is 0.291 e. The van der Waals surface area contributed by atoms with Gasteiger partial charge < -0.3 is 0 Å². The fourth-order valence-corrected chi connectivity index (χ4v) is 2.00. The standard InChI is InChI=1S/C14H10N4O6/c1-9-3-2-4-10(5-9)15-8-12-13(17(21)22)6-11(16(19)20)7-14(12)18(23)24/h2-8H,1H3. The van der Waals surface area contributed by atoms with Gasteiger partial charge in [-0.2, -0.15) is 0 Å². The minimum atomic E-state index is -0.929. The Morgan fingerprint density at radius 3 is 1.96 bits per heavy atom. The van der Waals surface area contributed by atoms with E-state index in [1.165, 1.54) is 0 Å². The number of non-ortho nitro benzene ring substituents is 1. The van der Waals surface area contributed by atoms with E-state index in [0.29, 0.717) is 17.8 Å². The van der Waals surface area contributed by atoms with Crippen molar-refractivity contribution in [3.05, 3.63) is 77.9 Å². The number of hydrogen-bond acceptors (Lipinski definition) is 7. The normalized spacial score (nSPS) is 10.7. The van der Waals surface area contributed by atoms with Crippen LogP contribution in [0.15, 0.2) is 41.4 Å². The van der Waals surface area contributed by atoms with Crippen LogP contribution in [0.25, 0.3) is 0 Å². The summed E-state index contributed by atoms with van der Waals surface area (Å²) in [6, 6.07) is 8.16. The Labute approximate surface area is 134 Å². The van der Waals surface area contributed by atoms with Gasteiger partial charge in [0.05, 0.1) is 32.6 Å². The second-order valence-electron chi connectivity index (χ2n) is 4.77. The molecule has 0 bridgehead atoms. The molecule has 0 saturated carbocycles. The van der Waals surface area contributed by atoms with Crippen molar-refractivity contribution < 1.29 is 14.8 Å². The summed E-state index contributed by atoms with van der Waals surface area (Å²) in [5, 5.41) is 33.1. The summed E-state index contributed by atoms with van der Waals surface area (Å²) in [5.41, 5.74) is -1.33. The van der Waals surface area contributed by atoms with Crippen LogP contribution in [0, 0.1) is 37.3 Å². The van der Waals surface area contributed by atoms with Crippen LogP contribution in [0.3, 0.4) is 0 Å². The quantitative estimate of drug-likeness (QED) is 0.466. The molecule has 0 aliphatic rings. The molecule has 2 rings (SSSR count). The molecule has 0 atom stereocenters. The first-order chi connectivity index (χ1) is 11.3. The number of hydrogen-bond donors (Lipinski definition) is 0. The average molecular weight is 330 g/mol. The monoisotopic (exact) mass is 330 g/mol. The molecule has 0 aromatic heterocycles. The highest BCUT2D eigenvalue weighted by molar-refractivity contribution is 5.93. The second kappa shape index (κ2) is 6.60. The van der Waals surface area contributed by atoms with Gasteiger partial charge >= 0.3 is 0 Å². The lowest BCUT2D eigenvalue weighted by molar-refractivity contribution is -0.403. The third kappa shape index (κ3) is 3.55. The van der Waals surface area contributed by atoms with Gasteiger partial charge in [0, 0.05) is 6.21 Å². The number of benzene rings is 2. The molecule has 24 heavy (non-hydrogen) atoms. The number of aryl methyl sites for hydroxylation is 1. The number of nitro groups is 3. The molecule has 0 heterocycles. The third-order valence-electron chi connectivity index (χ3n) is 3.07. The molecule has 10 nitrogen and oxygen atoms in total. The zero-order chi connectivity index (χ0) is 17.9. The van der Waals surface area contributed by atoms with E-state index in [1.54, 1.807) is 18.2 Å². The predicted molar refractivity (Wildman–Crippen MR) is 84.8 cm³/mol. The molecule has 0 unspecified atom stereocenters. The van der Waals surface area contributed by atoms with Crippen molar-refractivity contribution in [2.45, 2.75) is 6.92 Å². The first kappa shape index (κ1) is 16.7. The molecule has 0 saturated heterocycles. The number of nitrogens with zero attached hydrogens (tertiary/aromatic N) is 4. The van der Waals surface area contributed by atoms with E-state index in [0.717, 1.165) is 11.8 Å². The van der Waals surface area contributed by atoms with Crippen LogP contribution in [-0.4, -0.2) is 21.0 Å². The first-order valence-corrected chi connectivity index (χ1v) is 6.51. The molecule has 2 aromatic rings. The second-order valence-corrected chi connectivity index (χ2v) is 4.77. The van der Waals surface area contributed by atoms with Crippen LogP contribution >= 0.6 is 0 Å². The van der Waals surface area contributed by atoms with Crippen LogP contribution in [0.5, 0.6) is 0 Å². The molecule has 10 heteroatoms. The minimum Gasteiger partial charge on any atom is -0.258 e. The van der Waals surface area contributed by atoms with Crippen molar-refractivity contribution in [2.24, 2.45) is 4.99 Å². The summed E-state index contributed by atoms with van der Waals surface area (Å²) in [6.07, 6.45) is 0.967. The number of aliphatic imine (C=N–C) groups is 1. The molecule has 122 valence electrons. The summed E-state index contributed by atoms with van der Waals surface area (Å²) >= 11 is 0. The maximum absolute atomic E-state index is 11.1. The van der Waals surface area contributed by atoms with Gasteiger partial charge in [-0.15, -0.1) is 0 Å². The van der Waals surface area contributed by atoms with E-state index in [9.17, 15) is 30.3 Å². The van der Waals surface area contributed by atoms with Crippen molar-refractivity contribution in [2.75, 3.05) is 0 Å². The highest BCUT2D eigenvalue weighted by Gasteiger charge is 2.29. The van der Waals surface area contributed by atoms with Gasteiger partial charge in [0.25, 0.3) is 17.1 Å². The summed E-state index contributed by atoms with van der Waals surface area (Å²) in [6.45, 7) is 1.82. The molecule has 0 radical (unpaired) electrons. The van der Waals surface area contributed by atoms with Gasteiger partial charge in [0.1, 0.15) is 5.56 Å². The summed E-state index contributed by atoms with van der Waals surface area (Å²) in [7, 11) is 0. The van der Waals surface area contributed by atoms with E-state index < -0.39 is 37.4 Å². The molecular weight excluding hydrogens is 320 g/mol. The van der Waals surface area contributed by atoms with E-state index in [-0.39, 0.29) is 0 Å². The first-order valence-electron chi connectivity index (χ1n) is 6.51. The predicted octanol–water partition coefficient (Wildman–Crippen LogP) is 3.47. The summed E-state index contributed by atoms with van der Waals surface area (Å²) < 4.78 is 0. The number of rotatable bonds is 5. The lowest BCUT2D eigenvalue weighted by Gasteiger charge is -2.01. The zero-order valence-electron chi connectivity index (χ0n) is 12.3. The van der Waals surface area contributed by atoms with E-state index in [4.69, 9.17) is 0 Å². The smallest absolute Gasteiger partial charge is 0.258 e. The van der Waals surface area contributed by atoms with Crippen LogP contribution < -0.4 is 0 Å². The maximum atomic E-state index is 11.1. The van der Waals surface area contributed by atoms with Gasteiger partial charge in [0.15, 0.2) is 0 Å². The van der Waals surface area contributed by atoms with Gasteiger partial charge in [-0.25, -0.2) is 0 Å². The molecule has 0 spiro atoms. The highest BCUT2D eigenvalue weighted by Crippen LogP contribution is 2.32. The van der Waals surface area contributed by atoms with Gasteiger partial charge in [-0.05, 0) is 24.6 Å². The Morgan fingerprint density at radius 2 is 1.50 bits per heavy atom. The SMILES string of the molecule is Cc1cccc(N=Cc2c([N+](=O)[O-])cc([N+](=O)[O-])cc2[N+](=O)[O-])c1. The minimum absolute atomic E-state index is 0.405. The van der Waals surface area contributed by atoms with E-state index in [1.807, 2.05) is 13.0 Å². The lowest BCUT2D eigenvalue weighted by atomic mass is 10.1. The van der Waals surface area contributed by atoms with Gasteiger partial charge in [0.2, 0.25) is 0 Å². The average Bonchev–Trinajstić information content (AvgIpc) is 2.51. The third-order valence-corrected chi connectivity index (χ3v) is 3.07. The highest BCUT2D eigenvalue weighted by atomic mass is 16.6. The molecule has 0 aliphatic heterocycles. The van der Waals surface area contributed by atoms with Crippen LogP contribution in [0.1, 0.15) is 11.1 Å². The molecular formula is C14H10N4O6. The summed E-state index contributed by atoms with van der Waals surface area (Å²) in [4.78, 5) is 34.3. The van der Waals surface area contributed by atoms with Crippen molar-refractivity contribution in [1.29, 1.82) is 0 Å². The van der Waals surface area contributed by atoms with Gasteiger partial charge in [-0.3, -0.25) is 35.3 Å².